The zero-order chi connectivity index (χ0) is 7.70. The largest absolute Gasteiger partial charge is 2.00 e. The van der Waals surface area contributed by atoms with Crippen LogP contribution in [0.1, 0.15) is 13.8 Å². The minimum absolute atomic E-state index is 0. The van der Waals surface area contributed by atoms with Crippen LogP contribution in [0.2, 0.25) is 0 Å². The third kappa shape index (κ3) is 40.9. The van der Waals surface area contributed by atoms with Gasteiger partial charge >= 0.3 is 31.1 Å². The average Bonchev–Trinajstić information content (AvgIpc) is 1.67. The van der Waals surface area contributed by atoms with E-state index in [1.165, 1.54) is 0 Å². The fourth-order valence-electron chi connectivity index (χ4n) is 0.213. The van der Waals surface area contributed by atoms with Gasteiger partial charge in [-0.2, -0.15) is 6.92 Å². The monoisotopic (exact) mass is 364 g/mol. The molecule has 0 heterocycles. The van der Waals surface area contributed by atoms with E-state index in [9.17, 15) is 0 Å². The summed E-state index contributed by atoms with van der Waals surface area (Å²) in [6, 6.07) is 0. The van der Waals surface area contributed by atoms with Crippen LogP contribution < -0.4 is 5.32 Å². The third-order valence-electron chi connectivity index (χ3n) is 0.427. The quantitative estimate of drug-likeness (QED) is 0.565. The van der Waals surface area contributed by atoms with Crippen LogP contribution in [-0.4, -0.2) is 12.8 Å². The summed E-state index contributed by atoms with van der Waals surface area (Å²) in [5.74, 6) is 0. The van der Waals surface area contributed by atoms with Crippen LogP contribution in [0.15, 0.2) is 12.3 Å². The standard InChI is InChI=1S/C5H10N.C2H4N.U/c1-4-6-5(2)3;1-2-3;/h6H,1-2,4H2,3H3;3H,1H3;/q2*-1;+2. The van der Waals surface area contributed by atoms with Crippen LogP contribution in [0.4, 0.5) is 0 Å². The molecule has 10 heavy (non-hydrogen) atoms. The van der Waals surface area contributed by atoms with Crippen molar-refractivity contribution in [2.45, 2.75) is 13.8 Å². The summed E-state index contributed by atoms with van der Waals surface area (Å²) in [7, 11) is 0. The Bertz CT molecular complexity index is 81.7. The molecular weight excluding hydrogens is 350 g/mol. The van der Waals surface area contributed by atoms with Crippen molar-refractivity contribution in [3.05, 3.63) is 19.2 Å². The van der Waals surface area contributed by atoms with Crippen molar-refractivity contribution < 1.29 is 31.1 Å². The maximum Gasteiger partial charge on any atom is 2.00 e. The van der Waals surface area contributed by atoms with Gasteiger partial charge in [0.1, 0.15) is 0 Å². The van der Waals surface area contributed by atoms with E-state index in [-0.39, 0.29) is 31.1 Å². The molecule has 0 fully saturated rings. The second-order valence-corrected chi connectivity index (χ2v) is 1.46. The summed E-state index contributed by atoms with van der Waals surface area (Å²) in [6.07, 6.45) is 2.00. The van der Waals surface area contributed by atoms with Crippen molar-refractivity contribution in [1.29, 1.82) is 5.41 Å². The van der Waals surface area contributed by atoms with Gasteiger partial charge in [-0.15, -0.1) is 6.54 Å². The number of hydrogen-bond donors (Lipinski definition) is 2. The molecule has 3 heteroatoms. The van der Waals surface area contributed by atoms with Gasteiger partial charge in [0, 0.05) is 0 Å². The Labute approximate surface area is 87.4 Å². The zero-order valence-electron chi connectivity index (χ0n) is 6.62. The number of rotatable bonds is 2. The van der Waals surface area contributed by atoms with Gasteiger partial charge in [0.25, 0.3) is 0 Å². The van der Waals surface area contributed by atoms with Crippen molar-refractivity contribution in [3.8, 4) is 0 Å². The van der Waals surface area contributed by atoms with Gasteiger partial charge in [0.15, 0.2) is 0 Å². The molecule has 0 saturated heterocycles. The van der Waals surface area contributed by atoms with Crippen molar-refractivity contribution >= 4 is 6.21 Å². The van der Waals surface area contributed by atoms with E-state index >= 15 is 0 Å². The predicted octanol–water partition coefficient (Wildman–Crippen LogP) is 1.48. The molecule has 0 saturated carbocycles. The van der Waals surface area contributed by atoms with Crippen LogP contribution in [0.25, 0.3) is 0 Å². The zero-order valence-corrected chi connectivity index (χ0v) is 10.8. The molecule has 0 spiro atoms. The maximum atomic E-state index is 5.96. The van der Waals surface area contributed by atoms with E-state index in [0.717, 1.165) is 12.2 Å². The Morgan fingerprint density at radius 2 is 2.10 bits per heavy atom. The number of hydrogen-bond acceptors (Lipinski definition) is 2. The van der Waals surface area contributed by atoms with Gasteiger partial charge in [-0.25, -0.2) is 0 Å². The fourth-order valence-corrected chi connectivity index (χ4v) is 0.213. The molecule has 56 valence electrons. The summed E-state index contributed by atoms with van der Waals surface area (Å²) in [6.45, 7) is 11.3. The van der Waals surface area contributed by atoms with Crippen molar-refractivity contribution in [2.75, 3.05) is 6.54 Å². The van der Waals surface area contributed by atoms with E-state index in [0.29, 0.717) is 0 Å². The minimum Gasteiger partial charge on any atom is -0.519 e. The van der Waals surface area contributed by atoms with Gasteiger partial charge in [-0.1, -0.05) is 6.58 Å². The van der Waals surface area contributed by atoms with Gasteiger partial charge in [-0.3, -0.25) is 0 Å². The number of nitrogens with one attached hydrogen (secondary N) is 2. The fraction of sp³-hybridized carbons (Fsp3) is 0.429. The van der Waals surface area contributed by atoms with E-state index in [2.05, 4.69) is 18.8 Å². The summed E-state index contributed by atoms with van der Waals surface area (Å²) >= 11 is 0. The first kappa shape index (κ1) is 16.7. The molecule has 0 aliphatic carbocycles. The molecule has 0 amide bonds. The van der Waals surface area contributed by atoms with Crippen molar-refractivity contribution in [2.24, 2.45) is 0 Å². The van der Waals surface area contributed by atoms with E-state index in [1.54, 1.807) is 6.92 Å². The molecule has 0 aromatic rings. The Morgan fingerprint density at radius 1 is 1.80 bits per heavy atom. The number of allylic oxidation sites excluding steroid dienone is 1. The Morgan fingerprint density at radius 3 is 2.10 bits per heavy atom. The summed E-state index contributed by atoms with van der Waals surface area (Å²) < 4.78 is 0. The van der Waals surface area contributed by atoms with E-state index in [4.69, 9.17) is 5.41 Å². The second kappa shape index (κ2) is 16.1. The van der Waals surface area contributed by atoms with Crippen LogP contribution in [0.5, 0.6) is 0 Å². The molecule has 2 N–H and O–H groups in total. The molecule has 0 aromatic heterocycles. The maximum absolute atomic E-state index is 5.96. The normalized spacial score (nSPS) is 5.90. The molecule has 0 atom stereocenters. The SMILES string of the molecule is C=C(C)NC[CH2-].C[C-]=N.[U+2]. The summed E-state index contributed by atoms with van der Waals surface area (Å²) in [5.41, 5.74) is 0.977. The minimum atomic E-state index is 0. The first-order chi connectivity index (χ1) is 4.18. The smallest absolute Gasteiger partial charge is 0.519 e. The molecular formula is C7H14N2U. The third-order valence-corrected chi connectivity index (χ3v) is 0.427. The molecule has 0 aliphatic heterocycles. The van der Waals surface area contributed by atoms with Gasteiger partial charge in [-0.05, 0) is 12.6 Å². The summed E-state index contributed by atoms with van der Waals surface area (Å²) in [4.78, 5) is 0. The first-order valence-electron chi connectivity index (χ1n) is 2.71. The predicted molar refractivity (Wildman–Crippen MR) is 41.6 cm³/mol. The molecule has 2 nitrogen and oxygen atoms in total. The average molecular weight is 364 g/mol. The first-order valence-corrected chi connectivity index (χ1v) is 2.71. The van der Waals surface area contributed by atoms with E-state index in [1.807, 2.05) is 13.1 Å². The second-order valence-electron chi connectivity index (χ2n) is 1.46. The Hall–Kier alpha value is 0.262. The van der Waals surface area contributed by atoms with Crippen LogP contribution in [0.3, 0.4) is 0 Å². The topological polar surface area (TPSA) is 35.9 Å². The molecule has 0 rings (SSSR count). The Balaban J connectivity index is -0.000000107. The molecule has 0 bridgehead atoms. The van der Waals surface area contributed by atoms with Crippen LogP contribution in [-0.2, 0) is 0 Å². The van der Waals surface area contributed by atoms with Gasteiger partial charge in [0.2, 0.25) is 0 Å². The van der Waals surface area contributed by atoms with Gasteiger partial charge in [0.05, 0.1) is 0 Å². The van der Waals surface area contributed by atoms with Gasteiger partial charge < -0.3 is 23.9 Å². The van der Waals surface area contributed by atoms with Crippen LogP contribution >= 0.6 is 0 Å². The molecule has 0 radical (unpaired) electrons. The molecule has 0 aromatic carbocycles. The molecule has 0 unspecified atom stereocenters. The van der Waals surface area contributed by atoms with E-state index < -0.39 is 0 Å². The van der Waals surface area contributed by atoms with Crippen molar-refractivity contribution in [1.82, 2.24) is 5.32 Å². The Kier molecular flexibility index (Phi) is 26.9. The summed E-state index contributed by atoms with van der Waals surface area (Å²) in [5, 5.41) is 8.86. The van der Waals surface area contributed by atoms with Crippen molar-refractivity contribution in [3.63, 3.8) is 0 Å². The van der Waals surface area contributed by atoms with Crippen LogP contribution in [0, 0.1) is 43.4 Å². The molecule has 0 aliphatic rings.